The Kier molecular flexibility index (Phi) is 6.78. The Morgan fingerprint density at radius 1 is 1.26 bits per heavy atom. The minimum absolute atomic E-state index is 0.349. The average molecular weight is 269 g/mol. The van der Waals surface area contributed by atoms with Gasteiger partial charge in [0.1, 0.15) is 0 Å². The van der Waals surface area contributed by atoms with E-state index in [4.69, 9.17) is 0 Å². The molecule has 19 heavy (non-hydrogen) atoms. The number of rotatable bonds is 5. The summed E-state index contributed by atoms with van der Waals surface area (Å²) in [5.74, 6) is 0. The van der Waals surface area contributed by atoms with Crippen LogP contribution in [-0.2, 0) is 0 Å². The van der Waals surface area contributed by atoms with Crippen molar-refractivity contribution in [1.29, 1.82) is 0 Å². The summed E-state index contributed by atoms with van der Waals surface area (Å²) in [6, 6.07) is 1.31. The van der Waals surface area contributed by atoms with Gasteiger partial charge in [0.25, 0.3) is 0 Å². The van der Waals surface area contributed by atoms with Crippen molar-refractivity contribution in [1.82, 2.24) is 15.1 Å². The second kappa shape index (κ2) is 7.61. The molecule has 114 valence electrons. The molecule has 1 fully saturated rings. The first-order valence-electron chi connectivity index (χ1n) is 8.00. The molecule has 3 heteroatoms. The highest BCUT2D eigenvalue weighted by Gasteiger charge is 2.26. The maximum Gasteiger partial charge on any atom is 0.0194 e. The van der Waals surface area contributed by atoms with Crippen molar-refractivity contribution in [2.45, 2.75) is 59.5 Å². The Labute approximate surface area is 120 Å². The van der Waals surface area contributed by atoms with Crippen molar-refractivity contribution < 1.29 is 0 Å². The number of nitrogens with one attached hydrogen (secondary N) is 1. The number of hydrogen-bond acceptors (Lipinski definition) is 3. The molecule has 1 saturated heterocycles. The lowest BCUT2D eigenvalue weighted by Gasteiger charge is -2.35. The molecule has 3 nitrogen and oxygen atoms in total. The topological polar surface area (TPSA) is 18.5 Å². The first kappa shape index (κ1) is 16.9. The van der Waals surface area contributed by atoms with Crippen LogP contribution in [0.4, 0.5) is 0 Å². The number of likely N-dealkylation sites (N-methyl/N-ethyl adjacent to an activating group) is 1. The van der Waals surface area contributed by atoms with E-state index in [2.05, 4.69) is 56.8 Å². The van der Waals surface area contributed by atoms with Crippen molar-refractivity contribution in [2.75, 3.05) is 39.8 Å². The van der Waals surface area contributed by atoms with E-state index in [0.717, 1.165) is 6.54 Å². The third-order valence-electron chi connectivity index (χ3n) is 4.39. The molecule has 2 unspecified atom stereocenters. The molecule has 1 heterocycles. The second-order valence-corrected chi connectivity index (χ2v) is 7.27. The molecule has 0 aromatic carbocycles. The van der Waals surface area contributed by atoms with Gasteiger partial charge in [-0.25, -0.2) is 0 Å². The Hall–Kier alpha value is -0.120. The lowest BCUT2D eigenvalue weighted by atomic mass is 9.84. The predicted octanol–water partition coefficient (Wildman–Crippen LogP) is 2.43. The summed E-state index contributed by atoms with van der Waals surface area (Å²) in [5.41, 5.74) is 0.349. The summed E-state index contributed by atoms with van der Waals surface area (Å²) < 4.78 is 0. The monoisotopic (exact) mass is 269 g/mol. The van der Waals surface area contributed by atoms with Gasteiger partial charge in [0.15, 0.2) is 0 Å². The van der Waals surface area contributed by atoms with Crippen molar-refractivity contribution in [3.05, 3.63) is 0 Å². The van der Waals surface area contributed by atoms with Crippen molar-refractivity contribution >= 4 is 0 Å². The van der Waals surface area contributed by atoms with Gasteiger partial charge in [-0.2, -0.15) is 0 Å². The zero-order valence-electron chi connectivity index (χ0n) is 14.0. The van der Waals surface area contributed by atoms with Crippen LogP contribution in [0, 0.1) is 5.41 Å². The van der Waals surface area contributed by atoms with E-state index in [9.17, 15) is 0 Å². The molecule has 0 aromatic rings. The van der Waals surface area contributed by atoms with Crippen LogP contribution in [0.3, 0.4) is 0 Å². The molecule has 0 bridgehead atoms. The predicted molar refractivity (Wildman–Crippen MR) is 84.7 cm³/mol. The van der Waals surface area contributed by atoms with E-state index in [1.807, 2.05) is 0 Å². The lowest BCUT2D eigenvalue weighted by Crippen LogP contribution is -2.45. The smallest absolute Gasteiger partial charge is 0.0194 e. The highest BCUT2D eigenvalue weighted by atomic mass is 15.2. The lowest BCUT2D eigenvalue weighted by molar-refractivity contribution is 0.170. The fourth-order valence-electron chi connectivity index (χ4n) is 3.14. The van der Waals surface area contributed by atoms with Gasteiger partial charge in [-0.05, 0) is 58.4 Å². The van der Waals surface area contributed by atoms with Crippen molar-refractivity contribution in [3.8, 4) is 0 Å². The van der Waals surface area contributed by atoms with Crippen LogP contribution in [0.15, 0.2) is 0 Å². The first-order chi connectivity index (χ1) is 8.84. The largest absolute Gasteiger partial charge is 0.314 e. The Morgan fingerprint density at radius 2 is 1.95 bits per heavy atom. The molecule has 0 aromatic heterocycles. The highest BCUT2D eigenvalue weighted by molar-refractivity contribution is 4.83. The molecule has 1 aliphatic heterocycles. The van der Waals surface area contributed by atoms with E-state index in [1.54, 1.807) is 0 Å². The minimum atomic E-state index is 0.349. The van der Waals surface area contributed by atoms with Gasteiger partial charge in [0, 0.05) is 18.6 Å². The van der Waals surface area contributed by atoms with Gasteiger partial charge in [0.05, 0.1) is 0 Å². The van der Waals surface area contributed by atoms with Crippen LogP contribution in [-0.4, -0.2) is 61.7 Å². The standard InChI is InChI=1S/C16H35N3/c1-7-17-15(16(3,4)5)9-12-19-11-8-10-18(6)13-14(19)2/h14-15,17H,7-13H2,1-6H3. The second-order valence-electron chi connectivity index (χ2n) is 7.27. The van der Waals surface area contributed by atoms with Gasteiger partial charge in [0.2, 0.25) is 0 Å². The summed E-state index contributed by atoms with van der Waals surface area (Å²) in [6.45, 7) is 17.6. The van der Waals surface area contributed by atoms with Gasteiger partial charge in [-0.15, -0.1) is 0 Å². The van der Waals surface area contributed by atoms with Crippen LogP contribution in [0.1, 0.15) is 47.5 Å². The molecular formula is C16H35N3. The molecule has 1 aliphatic rings. The normalized spacial score (nSPS) is 25.3. The molecule has 0 amide bonds. The van der Waals surface area contributed by atoms with Crippen LogP contribution < -0.4 is 5.32 Å². The fraction of sp³-hybridized carbons (Fsp3) is 1.00. The zero-order valence-corrected chi connectivity index (χ0v) is 14.0. The number of hydrogen-bond donors (Lipinski definition) is 1. The molecule has 0 saturated carbocycles. The zero-order chi connectivity index (χ0) is 14.5. The highest BCUT2D eigenvalue weighted by Crippen LogP contribution is 2.22. The summed E-state index contributed by atoms with van der Waals surface area (Å²) in [4.78, 5) is 5.15. The third-order valence-corrected chi connectivity index (χ3v) is 4.39. The summed E-state index contributed by atoms with van der Waals surface area (Å²) in [7, 11) is 2.25. The summed E-state index contributed by atoms with van der Waals surface area (Å²) >= 11 is 0. The van der Waals surface area contributed by atoms with Crippen molar-refractivity contribution in [2.24, 2.45) is 5.41 Å². The third kappa shape index (κ3) is 5.80. The quantitative estimate of drug-likeness (QED) is 0.827. The average Bonchev–Trinajstić information content (AvgIpc) is 2.44. The molecule has 1 rings (SSSR count). The molecule has 0 spiro atoms. The SMILES string of the molecule is CCNC(CCN1CCCN(C)CC1C)C(C)(C)C. The fourth-order valence-corrected chi connectivity index (χ4v) is 3.14. The van der Waals surface area contributed by atoms with E-state index < -0.39 is 0 Å². The van der Waals surface area contributed by atoms with Crippen LogP contribution in [0.25, 0.3) is 0 Å². The maximum atomic E-state index is 3.66. The van der Waals surface area contributed by atoms with E-state index >= 15 is 0 Å². The summed E-state index contributed by atoms with van der Waals surface area (Å²) in [6.07, 6.45) is 2.56. The maximum absolute atomic E-state index is 3.66. The van der Waals surface area contributed by atoms with Gasteiger partial charge in [-0.3, -0.25) is 4.90 Å². The molecule has 0 radical (unpaired) electrons. The van der Waals surface area contributed by atoms with Crippen LogP contribution >= 0.6 is 0 Å². The Bertz CT molecular complexity index is 247. The summed E-state index contributed by atoms with van der Waals surface area (Å²) in [5, 5.41) is 3.66. The number of nitrogens with zero attached hydrogens (tertiary/aromatic N) is 2. The van der Waals surface area contributed by atoms with Crippen LogP contribution in [0.5, 0.6) is 0 Å². The van der Waals surface area contributed by atoms with Crippen molar-refractivity contribution in [3.63, 3.8) is 0 Å². The van der Waals surface area contributed by atoms with Gasteiger partial charge < -0.3 is 10.2 Å². The minimum Gasteiger partial charge on any atom is -0.314 e. The van der Waals surface area contributed by atoms with Gasteiger partial charge >= 0.3 is 0 Å². The molecule has 2 atom stereocenters. The molecular weight excluding hydrogens is 234 g/mol. The Balaban J connectivity index is 2.48. The van der Waals surface area contributed by atoms with E-state index in [1.165, 1.54) is 39.0 Å². The van der Waals surface area contributed by atoms with Crippen LogP contribution in [0.2, 0.25) is 0 Å². The van der Waals surface area contributed by atoms with Gasteiger partial charge in [-0.1, -0.05) is 27.7 Å². The van der Waals surface area contributed by atoms with E-state index in [0.29, 0.717) is 17.5 Å². The Morgan fingerprint density at radius 3 is 2.53 bits per heavy atom. The first-order valence-corrected chi connectivity index (χ1v) is 8.00. The molecule has 1 N–H and O–H groups in total. The van der Waals surface area contributed by atoms with E-state index in [-0.39, 0.29) is 0 Å². The molecule has 0 aliphatic carbocycles.